The van der Waals surface area contributed by atoms with Crippen molar-refractivity contribution < 1.29 is 4.42 Å². The molecule has 0 N–H and O–H groups in total. The lowest BCUT2D eigenvalue weighted by molar-refractivity contribution is 0.673. The summed E-state index contributed by atoms with van der Waals surface area (Å²) in [4.78, 5) is 14.7. The van der Waals surface area contributed by atoms with Crippen molar-refractivity contribution in [2.45, 2.75) is 0 Å². The van der Waals surface area contributed by atoms with E-state index in [-0.39, 0.29) is 0 Å². The zero-order valence-electron chi connectivity index (χ0n) is 33.9. The third kappa shape index (κ3) is 5.55. The normalized spacial score (nSPS) is 11.8. The van der Waals surface area contributed by atoms with Gasteiger partial charge in [0, 0.05) is 55.0 Å². The smallest absolute Gasteiger partial charge is 0.164 e. The second-order valence-electron chi connectivity index (χ2n) is 16.0. The molecule has 4 heterocycles. The van der Waals surface area contributed by atoms with Crippen molar-refractivity contribution in [2.75, 3.05) is 0 Å². The number of hydrogen-bond acceptors (Lipinski definition) is 4. The summed E-state index contributed by atoms with van der Waals surface area (Å²) < 4.78 is 11.5. The van der Waals surface area contributed by atoms with Gasteiger partial charge in [-0.3, -0.25) is 0 Å². The Bertz CT molecular complexity index is 3810. The molecule has 6 heteroatoms. The van der Waals surface area contributed by atoms with Crippen LogP contribution >= 0.6 is 0 Å². The van der Waals surface area contributed by atoms with Crippen LogP contribution in [0, 0.1) is 0 Å². The highest BCUT2D eigenvalue weighted by atomic mass is 16.3. The van der Waals surface area contributed by atoms with Gasteiger partial charge in [0.05, 0.1) is 27.5 Å². The van der Waals surface area contributed by atoms with Crippen LogP contribution in [0.1, 0.15) is 0 Å². The summed E-state index contributed by atoms with van der Waals surface area (Å²) in [5.41, 5.74) is 13.7. The average molecular weight is 806 g/mol. The van der Waals surface area contributed by atoms with E-state index in [0.717, 1.165) is 88.5 Å². The van der Waals surface area contributed by atoms with E-state index in [4.69, 9.17) is 19.4 Å². The Labute approximate surface area is 361 Å². The van der Waals surface area contributed by atoms with Gasteiger partial charge in [0.15, 0.2) is 17.5 Å². The van der Waals surface area contributed by atoms with Crippen molar-refractivity contribution in [1.29, 1.82) is 0 Å². The fourth-order valence-electron chi connectivity index (χ4n) is 9.50. The Balaban J connectivity index is 0.935. The monoisotopic (exact) mass is 805 g/mol. The van der Waals surface area contributed by atoms with E-state index >= 15 is 0 Å². The van der Waals surface area contributed by atoms with Crippen LogP contribution in [0.15, 0.2) is 217 Å². The van der Waals surface area contributed by atoms with Gasteiger partial charge in [0.2, 0.25) is 0 Å². The molecule has 9 aromatic carbocycles. The molecule has 0 fully saturated rings. The standard InChI is InChI=1S/C57H35N5O/c1-4-14-38(15-5-1)55-58-56(39-16-6-2-7-17-39)60-57(59-55)40-26-24-36(25-27-40)37-28-30-42(31-29-37)61-47-22-12-10-21-45(47)51-48(61)35-33-46-52-49(62(53(46)51)41-18-8-3-9-19-41)34-32-44-43-20-11-13-23-50(43)63-54(44)52/h1-35H. The largest absolute Gasteiger partial charge is 0.455 e. The minimum atomic E-state index is 0.637. The quantitative estimate of drug-likeness (QED) is 0.168. The van der Waals surface area contributed by atoms with Crippen molar-refractivity contribution in [3.05, 3.63) is 212 Å². The minimum Gasteiger partial charge on any atom is -0.455 e. The molecule has 0 aliphatic heterocycles. The SMILES string of the molecule is c1ccc(-c2nc(-c3ccccc3)nc(-c3ccc(-c4ccc(-n5c6ccccc6c6c5ccc5c7c8oc9ccccc9c8ccc7n(-c7ccccc7)c56)cc4)cc3)n2)cc1. The van der Waals surface area contributed by atoms with E-state index in [1.807, 2.05) is 66.7 Å². The first-order chi connectivity index (χ1) is 31.2. The summed E-state index contributed by atoms with van der Waals surface area (Å²) in [6, 6.07) is 74.4. The molecule has 0 atom stereocenters. The van der Waals surface area contributed by atoms with Crippen LogP contribution in [0.2, 0.25) is 0 Å². The topological polar surface area (TPSA) is 61.7 Å². The van der Waals surface area contributed by atoms with Gasteiger partial charge in [-0.05, 0) is 71.8 Å². The number of hydrogen-bond donors (Lipinski definition) is 0. The zero-order valence-corrected chi connectivity index (χ0v) is 33.9. The third-order valence-corrected chi connectivity index (χ3v) is 12.4. The predicted octanol–water partition coefficient (Wildman–Crippen LogP) is 14.6. The molecule has 63 heavy (non-hydrogen) atoms. The Morgan fingerprint density at radius 1 is 0.302 bits per heavy atom. The van der Waals surface area contributed by atoms with Gasteiger partial charge >= 0.3 is 0 Å². The first-order valence-electron chi connectivity index (χ1n) is 21.2. The summed E-state index contributed by atoms with van der Waals surface area (Å²) in [6.45, 7) is 0. The number of aromatic nitrogens is 5. The van der Waals surface area contributed by atoms with Gasteiger partial charge in [0.1, 0.15) is 11.2 Å². The number of furan rings is 1. The second-order valence-corrected chi connectivity index (χ2v) is 16.0. The number of rotatable bonds is 6. The molecule has 4 aromatic heterocycles. The second kappa shape index (κ2) is 14.0. The first kappa shape index (κ1) is 35.2. The van der Waals surface area contributed by atoms with E-state index in [2.05, 4.69) is 155 Å². The minimum absolute atomic E-state index is 0.637. The van der Waals surface area contributed by atoms with Crippen LogP contribution < -0.4 is 0 Å². The molecule has 0 unspecified atom stereocenters. The lowest BCUT2D eigenvalue weighted by atomic mass is 10.0. The Morgan fingerprint density at radius 3 is 1.43 bits per heavy atom. The van der Waals surface area contributed by atoms with Crippen LogP contribution in [0.25, 0.3) is 122 Å². The fraction of sp³-hybridized carbons (Fsp3) is 0. The summed E-state index contributed by atoms with van der Waals surface area (Å²) in [6.07, 6.45) is 0. The molecule has 0 aliphatic carbocycles. The average Bonchev–Trinajstić information content (AvgIpc) is 4.02. The molecule has 6 nitrogen and oxygen atoms in total. The van der Waals surface area contributed by atoms with Crippen molar-refractivity contribution in [1.82, 2.24) is 24.1 Å². The number of fused-ring (bicyclic) bond motifs is 11. The van der Waals surface area contributed by atoms with Gasteiger partial charge < -0.3 is 13.6 Å². The van der Waals surface area contributed by atoms with Crippen molar-refractivity contribution in [2.24, 2.45) is 0 Å². The summed E-state index contributed by atoms with van der Waals surface area (Å²) >= 11 is 0. The Hall–Kier alpha value is -8.61. The highest BCUT2D eigenvalue weighted by molar-refractivity contribution is 6.31. The van der Waals surface area contributed by atoms with Crippen molar-refractivity contribution in [3.8, 4) is 56.7 Å². The highest BCUT2D eigenvalue weighted by Crippen LogP contribution is 2.45. The molecule has 294 valence electrons. The molecular weight excluding hydrogens is 771 g/mol. The highest BCUT2D eigenvalue weighted by Gasteiger charge is 2.24. The lowest BCUT2D eigenvalue weighted by Crippen LogP contribution is -2.00. The zero-order chi connectivity index (χ0) is 41.4. The molecule has 0 spiro atoms. The van der Waals surface area contributed by atoms with E-state index in [9.17, 15) is 0 Å². The van der Waals surface area contributed by atoms with Crippen molar-refractivity contribution >= 4 is 65.6 Å². The van der Waals surface area contributed by atoms with Crippen LogP contribution in [-0.2, 0) is 0 Å². The number of para-hydroxylation sites is 3. The third-order valence-electron chi connectivity index (χ3n) is 12.4. The molecule has 0 aliphatic rings. The molecule has 0 bridgehead atoms. The summed E-state index contributed by atoms with van der Waals surface area (Å²) in [5, 5.41) is 6.95. The number of benzene rings is 9. The van der Waals surface area contributed by atoms with Gasteiger partial charge in [-0.25, -0.2) is 15.0 Å². The summed E-state index contributed by atoms with van der Waals surface area (Å²) in [7, 11) is 0. The Kier molecular flexibility index (Phi) is 7.80. The number of nitrogens with zero attached hydrogens (tertiary/aromatic N) is 5. The molecular formula is C57H35N5O. The molecule has 0 radical (unpaired) electrons. The van der Waals surface area contributed by atoms with Crippen LogP contribution in [0.5, 0.6) is 0 Å². The maximum absolute atomic E-state index is 6.69. The summed E-state index contributed by atoms with van der Waals surface area (Å²) in [5.74, 6) is 1.93. The predicted molar refractivity (Wildman–Crippen MR) is 258 cm³/mol. The van der Waals surface area contributed by atoms with Crippen molar-refractivity contribution in [3.63, 3.8) is 0 Å². The van der Waals surface area contributed by atoms with E-state index in [1.54, 1.807) is 0 Å². The Morgan fingerprint density at radius 2 is 0.778 bits per heavy atom. The van der Waals surface area contributed by atoms with Crippen LogP contribution in [-0.4, -0.2) is 24.1 Å². The molecule has 13 aromatic rings. The molecule has 0 saturated carbocycles. The molecule has 13 rings (SSSR count). The van der Waals surface area contributed by atoms with Crippen LogP contribution in [0.4, 0.5) is 0 Å². The van der Waals surface area contributed by atoms with Crippen LogP contribution in [0.3, 0.4) is 0 Å². The molecule has 0 amide bonds. The van der Waals surface area contributed by atoms with E-state index < -0.39 is 0 Å². The maximum atomic E-state index is 6.69. The van der Waals surface area contributed by atoms with E-state index in [1.165, 1.54) is 16.3 Å². The van der Waals surface area contributed by atoms with Gasteiger partial charge in [-0.2, -0.15) is 0 Å². The maximum Gasteiger partial charge on any atom is 0.164 e. The lowest BCUT2D eigenvalue weighted by Gasteiger charge is -2.11. The van der Waals surface area contributed by atoms with E-state index in [0.29, 0.717) is 17.5 Å². The molecule has 0 saturated heterocycles. The van der Waals surface area contributed by atoms with Gasteiger partial charge in [-0.1, -0.05) is 152 Å². The van der Waals surface area contributed by atoms with Gasteiger partial charge in [-0.15, -0.1) is 0 Å². The fourth-order valence-corrected chi connectivity index (χ4v) is 9.50. The first-order valence-corrected chi connectivity index (χ1v) is 21.2. The van der Waals surface area contributed by atoms with Gasteiger partial charge in [0.25, 0.3) is 0 Å².